The summed E-state index contributed by atoms with van der Waals surface area (Å²) in [5.74, 6) is -1.30. The number of nitrogens with one attached hydrogen (secondary N) is 2. The Morgan fingerprint density at radius 1 is 0.973 bits per heavy atom. The van der Waals surface area contributed by atoms with E-state index in [2.05, 4.69) is 15.7 Å². The quantitative estimate of drug-likeness (QED) is 0.391. The topological polar surface area (TPSA) is 76.0 Å². The number of hydrogen-bond donors (Lipinski definition) is 2. The summed E-state index contributed by atoms with van der Waals surface area (Å²) in [7, 11) is 0. The van der Waals surface area contributed by atoms with Crippen molar-refractivity contribution in [3.05, 3.63) is 112 Å². The lowest BCUT2D eigenvalue weighted by Gasteiger charge is -2.33. The highest BCUT2D eigenvalue weighted by molar-refractivity contribution is 6.04. The summed E-state index contributed by atoms with van der Waals surface area (Å²) in [5, 5.41) is 10.3. The third-order valence-electron chi connectivity index (χ3n) is 6.44. The van der Waals surface area contributed by atoms with Crippen LogP contribution >= 0.6 is 0 Å². The maximum atomic E-state index is 13.4. The molecule has 0 aliphatic carbocycles. The Morgan fingerprint density at radius 3 is 2.32 bits per heavy atom. The number of fused-ring (bicyclic) bond motifs is 1. The largest absolute Gasteiger partial charge is 0.416 e. The van der Waals surface area contributed by atoms with Crippen LogP contribution < -0.4 is 10.6 Å². The van der Waals surface area contributed by atoms with Crippen LogP contribution in [-0.4, -0.2) is 27.6 Å². The Kier molecular flexibility index (Phi) is 6.07. The molecule has 0 fully saturated rings. The van der Waals surface area contributed by atoms with Crippen molar-refractivity contribution >= 4 is 17.6 Å². The number of hydrogen-bond acceptors (Lipinski definition) is 3. The Hall–Kier alpha value is -4.40. The molecule has 0 radical (unpaired) electrons. The number of nitrogens with zero attached hydrogens (tertiary/aromatic N) is 2. The monoisotopic (exact) mass is 504 g/mol. The number of alkyl halides is 3. The molecule has 0 saturated carbocycles. The van der Waals surface area contributed by atoms with Gasteiger partial charge in [0.1, 0.15) is 11.9 Å². The van der Waals surface area contributed by atoms with E-state index >= 15 is 0 Å². The third kappa shape index (κ3) is 4.60. The van der Waals surface area contributed by atoms with Crippen molar-refractivity contribution in [2.24, 2.45) is 0 Å². The maximum absolute atomic E-state index is 13.4. The summed E-state index contributed by atoms with van der Waals surface area (Å²) >= 11 is 0. The fraction of sp³-hybridized carbons (Fsp3) is 0.179. The fourth-order valence-electron chi connectivity index (χ4n) is 4.70. The molecular formula is C28H23F3N4O2. The van der Waals surface area contributed by atoms with Crippen LogP contribution in [-0.2, 0) is 11.0 Å². The summed E-state index contributed by atoms with van der Waals surface area (Å²) < 4.78 is 41.4. The summed E-state index contributed by atoms with van der Waals surface area (Å²) in [6.07, 6.45) is -4.50. The molecule has 2 amide bonds. The lowest BCUT2D eigenvalue weighted by atomic mass is 9.81. The molecule has 0 bridgehead atoms. The van der Waals surface area contributed by atoms with E-state index in [0.29, 0.717) is 33.9 Å². The smallest absolute Gasteiger partial charge is 0.339 e. The zero-order valence-corrected chi connectivity index (χ0v) is 20.0. The lowest BCUT2D eigenvalue weighted by molar-refractivity contribution is -0.137. The molecule has 1 aliphatic heterocycles. The number of anilines is 1. The van der Waals surface area contributed by atoms with Crippen LogP contribution in [0.2, 0.25) is 0 Å². The highest BCUT2D eigenvalue weighted by Crippen LogP contribution is 2.41. The SMILES string of the molecule is Cc1cccc(C(=O)N[C@@H]2C(=O)Nc3c(c(C)nn3-c3ccccc3)[C@@H]2c2ccc(C(F)(F)F)cc2)c1. The second-order valence-electron chi connectivity index (χ2n) is 9.00. The molecule has 2 N–H and O–H groups in total. The van der Waals surface area contributed by atoms with Gasteiger partial charge in [-0.3, -0.25) is 9.59 Å². The van der Waals surface area contributed by atoms with Gasteiger partial charge in [-0.25, -0.2) is 4.68 Å². The molecule has 188 valence electrons. The molecule has 1 aromatic heterocycles. The van der Waals surface area contributed by atoms with Crippen LogP contribution in [0.1, 0.15) is 44.2 Å². The first-order valence-electron chi connectivity index (χ1n) is 11.6. The van der Waals surface area contributed by atoms with Gasteiger partial charge in [0, 0.05) is 17.0 Å². The van der Waals surface area contributed by atoms with Crippen LogP contribution in [0.5, 0.6) is 0 Å². The summed E-state index contributed by atoms with van der Waals surface area (Å²) in [6, 6.07) is 19.7. The van der Waals surface area contributed by atoms with Crippen molar-refractivity contribution in [3.63, 3.8) is 0 Å². The van der Waals surface area contributed by atoms with Gasteiger partial charge in [0.25, 0.3) is 5.91 Å². The average Bonchev–Trinajstić information content (AvgIpc) is 3.20. The number of carbonyl (C=O) groups is 2. The predicted molar refractivity (Wildman–Crippen MR) is 133 cm³/mol. The number of aryl methyl sites for hydroxylation is 2. The van der Waals surface area contributed by atoms with Crippen molar-refractivity contribution < 1.29 is 22.8 Å². The minimum Gasteiger partial charge on any atom is -0.339 e. The Labute approximate surface area is 211 Å². The molecule has 5 rings (SSSR count). The van der Waals surface area contributed by atoms with Gasteiger partial charge in [-0.1, -0.05) is 48.0 Å². The third-order valence-corrected chi connectivity index (χ3v) is 6.44. The van der Waals surface area contributed by atoms with Gasteiger partial charge in [0.05, 0.1) is 16.9 Å². The van der Waals surface area contributed by atoms with Crippen molar-refractivity contribution in [3.8, 4) is 5.69 Å². The van der Waals surface area contributed by atoms with Gasteiger partial charge in [0.2, 0.25) is 5.91 Å². The van der Waals surface area contributed by atoms with Gasteiger partial charge in [-0.05, 0) is 55.8 Å². The zero-order valence-electron chi connectivity index (χ0n) is 20.0. The van der Waals surface area contributed by atoms with E-state index in [1.54, 1.807) is 29.8 Å². The van der Waals surface area contributed by atoms with Crippen LogP contribution in [0.4, 0.5) is 19.0 Å². The number of benzene rings is 3. The Morgan fingerprint density at radius 2 is 1.68 bits per heavy atom. The van der Waals surface area contributed by atoms with E-state index in [4.69, 9.17) is 0 Å². The first kappa shape index (κ1) is 24.3. The first-order chi connectivity index (χ1) is 17.6. The van der Waals surface area contributed by atoms with Crippen molar-refractivity contribution in [1.82, 2.24) is 15.1 Å². The van der Waals surface area contributed by atoms with Gasteiger partial charge in [-0.2, -0.15) is 18.3 Å². The molecule has 0 saturated heterocycles. The number of carbonyl (C=O) groups excluding carboxylic acids is 2. The van der Waals surface area contributed by atoms with Crippen molar-refractivity contribution in [2.75, 3.05) is 5.32 Å². The highest BCUT2D eigenvalue weighted by Gasteiger charge is 2.42. The first-order valence-corrected chi connectivity index (χ1v) is 11.6. The minimum absolute atomic E-state index is 0.376. The van der Waals surface area contributed by atoms with Gasteiger partial charge >= 0.3 is 6.18 Å². The molecule has 2 atom stereocenters. The highest BCUT2D eigenvalue weighted by atomic mass is 19.4. The molecule has 37 heavy (non-hydrogen) atoms. The summed E-state index contributed by atoms with van der Waals surface area (Å²) in [4.78, 5) is 26.6. The van der Waals surface area contributed by atoms with Gasteiger partial charge < -0.3 is 10.6 Å². The van der Waals surface area contributed by atoms with E-state index in [-0.39, 0.29) is 0 Å². The second kappa shape index (κ2) is 9.24. The lowest BCUT2D eigenvalue weighted by Crippen LogP contribution is -2.50. The van der Waals surface area contributed by atoms with Crippen molar-refractivity contribution in [1.29, 1.82) is 0 Å². The standard InChI is InChI=1S/C28H23F3N4O2/c1-16-7-6-8-19(15-16)26(36)32-24-23(18-11-13-20(14-12-18)28(29,30)31)22-17(2)34-35(25(22)33-27(24)37)21-9-4-3-5-10-21/h3-15,23-24H,1-2H3,(H,32,36)(H,33,37)/t23-,24-/m0/s1. The van der Waals surface area contributed by atoms with Crippen molar-refractivity contribution in [2.45, 2.75) is 32.0 Å². The molecule has 4 aromatic rings. The Balaban J connectivity index is 1.62. The fourth-order valence-corrected chi connectivity index (χ4v) is 4.70. The number of rotatable bonds is 4. The second-order valence-corrected chi connectivity index (χ2v) is 9.00. The van der Waals surface area contributed by atoms with Crippen LogP contribution in [0.25, 0.3) is 5.69 Å². The van der Waals surface area contributed by atoms with E-state index in [1.165, 1.54) is 12.1 Å². The average molecular weight is 505 g/mol. The van der Waals surface area contributed by atoms with E-state index < -0.39 is 35.5 Å². The predicted octanol–water partition coefficient (Wildman–Crippen LogP) is 5.39. The number of aromatic nitrogens is 2. The van der Waals surface area contributed by atoms with Crippen LogP contribution in [0.15, 0.2) is 78.9 Å². The molecule has 3 aromatic carbocycles. The number of amides is 2. The van der Waals surface area contributed by atoms with Crippen LogP contribution in [0.3, 0.4) is 0 Å². The normalized spacial score (nSPS) is 17.2. The maximum Gasteiger partial charge on any atom is 0.416 e. The molecule has 9 heteroatoms. The van der Waals surface area contributed by atoms with E-state index in [9.17, 15) is 22.8 Å². The number of halogens is 3. The molecule has 0 spiro atoms. The zero-order chi connectivity index (χ0) is 26.3. The summed E-state index contributed by atoms with van der Waals surface area (Å²) in [5.41, 5.74) is 2.82. The van der Waals surface area contributed by atoms with E-state index in [0.717, 1.165) is 17.7 Å². The number of para-hydroxylation sites is 1. The minimum atomic E-state index is -4.50. The molecular weight excluding hydrogens is 481 g/mol. The van der Waals surface area contributed by atoms with Gasteiger partial charge in [-0.15, -0.1) is 0 Å². The molecule has 1 aliphatic rings. The molecule has 2 heterocycles. The van der Waals surface area contributed by atoms with E-state index in [1.807, 2.05) is 43.3 Å². The molecule has 0 unspecified atom stereocenters. The van der Waals surface area contributed by atoms with Crippen LogP contribution in [0, 0.1) is 13.8 Å². The van der Waals surface area contributed by atoms with Gasteiger partial charge in [0.15, 0.2) is 0 Å². The summed E-state index contributed by atoms with van der Waals surface area (Å²) in [6.45, 7) is 3.62. The molecule has 6 nitrogen and oxygen atoms in total. The Bertz CT molecular complexity index is 1480.